The third-order valence-electron chi connectivity index (χ3n) is 11.2. The van der Waals surface area contributed by atoms with Crippen molar-refractivity contribution in [3.63, 3.8) is 0 Å². The second kappa shape index (κ2) is 23.8. The minimum absolute atomic E-state index is 0.106. The fourth-order valence-electron chi connectivity index (χ4n) is 7.86. The number of anilines is 6. The van der Waals surface area contributed by atoms with Crippen molar-refractivity contribution in [2.75, 3.05) is 71.2 Å². The van der Waals surface area contributed by atoms with Gasteiger partial charge >= 0.3 is 0 Å². The fourth-order valence-corrected chi connectivity index (χ4v) is 8.57. The molecule has 332 valence electrons. The molecule has 8 rings (SSSR count). The summed E-state index contributed by atoms with van der Waals surface area (Å²) in [6, 6.07) is 25.5. The van der Waals surface area contributed by atoms with Gasteiger partial charge in [0.15, 0.2) is 0 Å². The van der Waals surface area contributed by atoms with Crippen LogP contribution >= 0.6 is 31.9 Å². The molecule has 3 aliphatic rings. The van der Waals surface area contributed by atoms with Gasteiger partial charge in [0.05, 0.1) is 9.85 Å². The second-order valence-corrected chi connectivity index (χ2v) is 17.7. The van der Waals surface area contributed by atoms with E-state index in [2.05, 4.69) is 92.5 Å². The predicted molar refractivity (Wildman–Crippen MR) is 267 cm³/mol. The molecule has 0 aromatic heterocycles. The van der Waals surface area contributed by atoms with E-state index >= 15 is 0 Å². The lowest BCUT2D eigenvalue weighted by molar-refractivity contribution is -0.385. The molecule has 0 atom stereocenters. The lowest BCUT2D eigenvalue weighted by Crippen LogP contribution is -2.20. The number of hydrogen-bond acceptors (Lipinski definition) is 10. The van der Waals surface area contributed by atoms with Crippen molar-refractivity contribution < 1.29 is 9.85 Å². The van der Waals surface area contributed by atoms with Gasteiger partial charge in [0, 0.05) is 107 Å². The SMILES string of the molecule is Cc1cc(C)c(Br)c(C)c1N.Cc1cc(C)c(N2CCCC2)c(C)c1N.Nc1cccc(N2CCCC2)c1.O=[N+]([O-])c1cccc(Br)c1.O=[N+]([O-])c1cccc(N2CCCC2)c1. The highest BCUT2D eigenvalue weighted by Gasteiger charge is 2.19. The largest absolute Gasteiger partial charge is 0.399 e. The summed E-state index contributed by atoms with van der Waals surface area (Å²) in [6.45, 7) is 19.3. The zero-order chi connectivity index (χ0) is 45.5. The number of nitrogen functional groups attached to an aromatic ring is 3. The minimum atomic E-state index is -0.426. The maximum absolute atomic E-state index is 10.6. The summed E-state index contributed by atoms with van der Waals surface area (Å²) in [4.78, 5) is 27.0. The Labute approximate surface area is 384 Å². The average molecular weight is 975 g/mol. The number of nitrogens with two attached hydrogens (primary N) is 3. The van der Waals surface area contributed by atoms with E-state index in [1.54, 1.807) is 24.3 Å². The van der Waals surface area contributed by atoms with Crippen LogP contribution in [0.15, 0.2) is 93.9 Å². The summed E-state index contributed by atoms with van der Waals surface area (Å²) in [5, 5.41) is 20.7. The molecule has 14 heteroatoms. The molecule has 62 heavy (non-hydrogen) atoms. The van der Waals surface area contributed by atoms with Gasteiger partial charge in [-0.2, -0.15) is 0 Å². The van der Waals surface area contributed by atoms with E-state index in [0.29, 0.717) is 0 Å². The Hall–Kier alpha value is -5.34. The van der Waals surface area contributed by atoms with Crippen LogP contribution in [0.25, 0.3) is 0 Å². The van der Waals surface area contributed by atoms with Gasteiger partial charge in [0.2, 0.25) is 0 Å². The molecule has 0 bridgehead atoms. The molecule has 0 spiro atoms. The van der Waals surface area contributed by atoms with E-state index in [0.717, 1.165) is 55.9 Å². The molecule has 5 aromatic carbocycles. The quantitative estimate of drug-likeness (QED) is 0.0873. The Balaban J connectivity index is 0.000000172. The predicted octanol–water partition coefficient (Wildman–Crippen LogP) is 12.2. The summed E-state index contributed by atoms with van der Waals surface area (Å²) in [6.07, 6.45) is 7.62. The molecule has 12 nitrogen and oxygen atoms in total. The molecule has 5 aromatic rings. The number of aryl methyl sites for hydroxylation is 4. The van der Waals surface area contributed by atoms with Crippen molar-refractivity contribution in [3.05, 3.63) is 147 Å². The van der Waals surface area contributed by atoms with E-state index in [-0.39, 0.29) is 16.3 Å². The number of halogens is 2. The van der Waals surface area contributed by atoms with Gasteiger partial charge in [-0.25, -0.2) is 0 Å². The molecule has 3 fully saturated rings. The van der Waals surface area contributed by atoms with Crippen molar-refractivity contribution in [3.8, 4) is 0 Å². The van der Waals surface area contributed by atoms with Crippen molar-refractivity contribution in [1.29, 1.82) is 0 Å². The first kappa shape index (κ1) is 49.3. The Morgan fingerprint density at radius 1 is 0.500 bits per heavy atom. The van der Waals surface area contributed by atoms with Gasteiger partial charge < -0.3 is 31.9 Å². The van der Waals surface area contributed by atoms with Gasteiger partial charge in [0.1, 0.15) is 0 Å². The van der Waals surface area contributed by atoms with E-state index in [9.17, 15) is 20.2 Å². The zero-order valence-electron chi connectivity index (χ0n) is 36.9. The number of non-ortho nitro benzene ring substituents is 2. The van der Waals surface area contributed by atoms with Crippen LogP contribution < -0.4 is 31.9 Å². The number of nitro benzene ring substituents is 2. The summed E-state index contributed by atoms with van der Waals surface area (Å²) in [7, 11) is 0. The lowest BCUT2D eigenvalue weighted by atomic mass is 10.0. The van der Waals surface area contributed by atoms with Crippen LogP contribution in [0.5, 0.6) is 0 Å². The normalized spacial score (nSPS) is 14.0. The maximum Gasteiger partial charge on any atom is 0.271 e. The monoisotopic (exact) mass is 972 g/mol. The first-order valence-corrected chi connectivity index (χ1v) is 22.7. The van der Waals surface area contributed by atoms with Gasteiger partial charge in [-0.15, -0.1) is 0 Å². The standard InChI is InChI=1S/C13H20N2.C10H12N2O2.C10H14N2.C9H12BrN.C6H4BrNO2/c1-9-8-10(2)13(11(3)12(9)14)15-6-4-5-7-15;13-12(14)10-5-3-4-9(8-10)11-6-1-2-7-11;11-9-4-3-5-10(8-9)12-6-1-2-7-12;1-5-4-6(2)9(11)7(3)8(5)10;7-5-2-1-3-6(4-5)8(9)10/h8H,4-7,14H2,1-3H3;3-5,8H,1-2,6-7H2;3-5,8H,1-2,6-7,11H2;4H,11H2,1-3H3;1-4H. The first-order valence-electron chi connectivity index (χ1n) is 21.1. The zero-order valence-corrected chi connectivity index (χ0v) is 40.1. The highest BCUT2D eigenvalue weighted by atomic mass is 79.9. The van der Waals surface area contributed by atoms with Crippen molar-refractivity contribution in [2.45, 2.75) is 80.1 Å². The minimum Gasteiger partial charge on any atom is -0.399 e. The van der Waals surface area contributed by atoms with Crippen LogP contribution in [0.2, 0.25) is 0 Å². The number of nitro groups is 2. The van der Waals surface area contributed by atoms with Crippen molar-refractivity contribution >= 4 is 77.4 Å². The smallest absolute Gasteiger partial charge is 0.271 e. The van der Waals surface area contributed by atoms with Crippen LogP contribution in [0.4, 0.5) is 45.5 Å². The number of nitrogens with zero attached hydrogens (tertiary/aromatic N) is 5. The molecular weight excluding hydrogens is 912 g/mol. The summed E-state index contributed by atoms with van der Waals surface area (Å²) in [5.74, 6) is 0. The third-order valence-corrected chi connectivity index (χ3v) is 12.9. The molecule has 0 radical (unpaired) electrons. The average Bonchev–Trinajstić information content (AvgIpc) is 4.09. The number of hydrogen-bond donors (Lipinski definition) is 3. The van der Waals surface area contributed by atoms with Gasteiger partial charge in [-0.1, -0.05) is 62.2 Å². The Morgan fingerprint density at radius 3 is 1.39 bits per heavy atom. The molecule has 0 aliphatic carbocycles. The van der Waals surface area contributed by atoms with Gasteiger partial charge in [0.25, 0.3) is 11.4 Å². The molecule has 3 aliphatic heterocycles. The van der Waals surface area contributed by atoms with E-state index in [1.165, 1.54) is 117 Å². The molecule has 0 saturated carbocycles. The van der Waals surface area contributed by atoms with Crippen LogP contribution in [0, 0.1) is 61.8 Å². The second-order valence-electron chi connectivity index (χ2n) is 16.0. The Kier molecular flexibility index (Phi) is 18.9. The summed E-state index contributed by atoms with van der Waals surface area (Å²) < 4.78 is 1.85. The molecule has 3 heterocycles. The third kappa shape index (κ3) is 14.1. The van der Waals surface area contributed by atoms with Gasteiger partial charge in [-0.3, -0.25) is 20.2 Å². The Morgan fingerprint density at radius 2 is 0.919 bits per heavy atom. The Bertz CT molecular complexity index is 2260. The lowest BCUT2D eigenvalue weighted by Gasteiger charge is -2.24. The number of rotatable bonds is 5. The number of benzene rings is 5. The van der Waals surface area contributed by atoms with Crippen LogP contribution in [0.3, 0.4) is 0 Å². The summed E-state index contributed by atoms with van der Waals surface area (Å²) in [5.41, 5.74) is 31.6. The molecule has 0 amide bonds. The van der Waals surface area contributed by atoms with Crippen LogP contribution in [-0.4, -0.2) is 49.1 Å². The van der Waals surface area contributed by atoms with Crippen LogP contribution in [-0.2, 0) is 0 Å². The van der Waals surface area contributed by atoms with E-state index in [4.69, 9.17) is 17.2 Å². The highest BCUT2D eigenvalue weighted by molar-refractivity contribution is 9.10. The topological polar surface area (TPSA) is 174 Å². The molecule has 0 unspecified atom stereocenters. The first-order chi connectivity index (χ1) is 29.5. The maximum atomic E-state index is 10.6. The fraction of sp³-hybridized carbons (Fsp3) is 0.375. The molecule has 3 saturated heterocycles. The molecule has 6 N–H and O–H groups in total. The summed E-state index contributed by atoms with van der Waals surface area (Å²) >= 11 is 6.61. The van der Waals surface area contributed by atoms with Gasteiger partial charge in [-0.05, 0) is 144 Å². The molecular formula is C48H62Br2N8O4. The van der Waals surface area contributed by atoms with E-state index < -0.39 is 4.92 Å². The van der Waals surface area contributed by atoms with Crippen molar-refractivity contribution in [1.82, 2.24) is 0 Å². The van der Waals surface area contributed by atoms with Crippen molar-refractivity contribution in [2.24, 2.45) is 0 Å². The van der Waals surface area contributed by atoms with E-state index in [1.807, 2.05) is 38.1 Å². The highest BCUT2D eigenvalue weighted by Crippen LogP contribution is 2.34. The van der Waals surface area contributed by atoms with Crippen LogP contribution in [0.1, 0.15) is 71.9 Å².